The van der Waals surface area contributed by atoms with Gasteiger partial charge in [-0.1, -0.05) is 0 Å². The first-order chi connectivity index (χ1) is 22.8. The van der Waals surface area contributed by atoms with Crippen molar-refractivity contribution in [3.8, 4) is 22.3 Å². The summed E-state index contributed by atoms with van der Waals surface area (Å²) in [6.07, 6.45) is 7.81. The molecule has 0 bridgehead atoms. The molecule has 0 aliphatic heterocycles. The van der Waals surface area contributed by atoms with E-state index >= 15 is 0 Å². The van der Waals surface area contributed by atoms with Crippen LogP contribution in [0.15, 0.2) is 71.8 Å². The summed E-state index contributed by atoms with van der Waals surface area (Å²) in [5.74, 6) is 0.310. The van der Waals surface area contributed by atoms with Gasteiger partial charge < -0.3 is 0 Å². The summed E-state index contributed by atoms with van der Waals surface area (Å²) in [6, 6.07) is 24.2. The number of aryl methyl sites for hydroxylation is 4. The third-order valence-corrected chi connectivity index (χ3v) is 32.9. The minimum absolute atomic E-state index is 0.651. The van der Waals surface area contributed by atoms with Crippen LogP contribution >= 0.6 is 0 Å². The average molecular weight is 729 g/mol. The second-order valence-corrected chi connectivity index (χ2v) is 36.3. The summed E-state index contributed by atoms with van der Waals surface area (Å²) < 4.78 is 1.31. The Morgan fingerprint density at radius 3 is 1.31 bits per heavy atom. The summed E-state index contributed by atoms with van der Waals surface area (Å²) in [4.78, 5) is 0. The molecule has 0 fully saturated rings. The molecule has 0 heterocycles. The molecule has 0 saturated heterocycles. The summed E-state index contributed by atoms with van der Waals surface area (Å²) in [5, 5.41) is 0. The molecule has 0 aromatic heterocycles. The van der Waals surface area contributed by atoms with Gasteiger partial charge in [0.1, 0.15) is 0 Å². The number of rotatable bonds is 9. The van der Waals surface area contributed by atoms with Crippen LogP contribution in [0.25, 0.3) is 34.4 Å². The fourth-order valence-corrected chi connectivity index (χ4v) is 31.7. The maximum absolute atomic E-state index is 2.72. The van der Waals surface area contributed by atoms with Crippen molar-refractivity contribution in [1.29, 1.82) is 0 Å². The van der Waals surface area contributed by atoms with Crippen LogP contribution in [0, 0.1) is 53.4 Å². The molecule has 2 atom stereocenters. The Hall–Kier alpha value is -2.54. The first kappa shape index (κ1) is 35.3. The van der Waals surface area contributed by atoms with E-state index in [1.807, 2.05) is 0 Å². The molecule has 2 heteroatoms. The second-order valence-electron chi connectivity index (χ2n) is 16.3. The van der Waals surface area contributed by atoms with E-state index in [4.69, 9.17) is 0 Å². The molecule has 48 heavy (non-hydrogen) atoms. The van der Waals surface area contributed by atoms with E-state index in [-0.39, 0.29) is 0 Å². The van der Waals surface area contributed by atoms with Crippen molar-refractivity contribution in [2.75, 3.05) is 0 Å². The molecule has 0 radical (unpaired) electrons. The van der Waals surface area contributed by atoms with Gasteiger partial charge in [0, 0.05) is 0 Å². The third-order valence-electron chi connectivity index (χ3n) is 11.1. The molecule has 2 aliphatic rings. The average Bonchev–Trinajstić information content (AvgIpc) is 3.54. The zero-order chi connectivity index (χ0) is 34.6. The van der Waals surface area contributed by atoms with Crippen LogP contribution in [0.3, 0.4) is 0 Å². The Balaban J connectivity index is 1.56. The Kier molecular flexibility index (Phi) is 10.3. The van der Waals surface area contributed by atoms with Crippen molar-refractivity contribution in [1.82, 2.24) is 0 Å². The second kappa shape index (κ2) is 14.0. The van der Waals surface area contributed by atoms with Gasteiger partial charge in [0.2, 0.25) is 0 Å². The third kappa shape index (κ3) is 6.54. The predicted molar refractivity (Wildman–Crippen MR) is 211 cm³/mol. The minimum atomic E-state index is -2.25. The molecule has 2 aliphatic carbocycles. The molecule has 0 amide bonds. The molecule has 4 aromatic rings. The SMILES string of the molecule is Cc1cc(C)c(C)c(-c2cccc3c2C=C(CC(C)C)[CH]3[Zr]([CH]2C(CC(C)C)=Cc3c(-c4cc(C)cc(C)c4C)cccc32)[SiH](C)C)c1. The quantitative estimate of drug-likeness (QED) is 0.151. The number of benzene rings is 4. The van der Waals surface area contributed by atoms with Crippen molar-refractivity contribution >= 4 is 18.1 Å². The van der Waals surface area contributed by atoms with Gasteiger partial charge in [-0.2, -0.15) is 0 Å². The van der Waals surface area contributed by atoms with Crippen LogP contribution in [0.5, 0.6) is 0 Å². The van der Waals surface area contributed by atoms with Crippen LogP contribution in [-0.2, 0) is 20.9 Å². The van der Waals surface area contributed by atoms with Gasteiger partial charge >= 0.3 is 303 Å². The monoisotopic (exact) mass is 727 g/mol. The Morgan fingerprint density at radius 2 is 0.958 bits per heavy atom. The van der Waals surface area contributed by atoms with Gasteiger partial charge in [0.05, 0.1) is 0 Å². The fourth-order valence-electron chi connectivity index (χ4n) is 8.95. The van der Waals surface area contributed by atoms with Crippen LogP contribution in [0.1, 0.15) is 103 Å². The molecule has 0 nitrogen and oxygen atoms in total. The summed E-state index contributed by atoms with van der Waals surface area (Å²) >= 11 is -2.25. The van der Waals surface area contributed by atoms with Gasteiger partial charge in [0.15, 0.2) is 0 Å². The first-order valence-electron chi connectivity index (χ1n) is 18.5. The zero-order valence-electron chi connectivity index (χ0n) is 31.7. The maximum atomic E-state index is 2.72. The first-order valence-corrected chi connectivity index (χ1v) is 28.4. The van der Waals surface area contributed by atoms with Crippen LogP contribution < -0.4 is 0 Å². The van der Waals surface area contributed by atoms with E-state index in [1.165, 1.54) is 79.6 Å². The van der Waals surface area contributed by atoms with E-state index in [0.717, 1.165) is 0 Å². The van der Waals surface area contributed by atoms with Crippen LogP contribution in [0.2, 0.25) is 13.1 Å². The standard InChI is InChI=1S/2C22H25.C2H7Si.Zr/c2*1-14(2)9-18-12-19-7-6-8-20(22(19)13-18)21-11-15(3)10-16(4)17(21)5;1-3-2;/h2*6-8,10-14H,9H2,1-5H3;3H,1-2H3;. The zero-order valence-corrected chi connectivity index (χ0v) is 35.3. The molecule has 2 unspecified atom stereocenters. The Labute approximate surface area is 301 Å². The van der Waals surface area contributed by atoms with Gasteiger partial charge in [0.25, 0.3) is 0 Å². The van der Waals surface area contributed by atoms with Gasteiger partial charge in [-0.05, 0) is 0 Å². The molecular formula is C46H57SiZr. The van der Waals surface area contributed by atoms with Crippen LogP contribution in [0.4, 0.5) is 0 Å². The Morgan fingerprint density at radius 1 is 0.562 bits per heavy atom. The van der Waals surface area contributed by atoms with Crippen LogP contribution in [-0.4, -0.2) is 5.92 Å². The fraction of sp³-hybridized carbons (Fsp3) is 0.391. The number of allylic oxidation sites excluding steroid dienone is 2. The van der Waals surface area contributed by atoms with E-state index in [1.54, 1.807) is 22.3 Å². The molecule has 249 valence electrons. The van der Waals surface area contributed by atoms with Gasteiger partial charge in [-0.15, -0.1) is 0 Å². The normalized spacial score (nSPS) is 16.9. The van der Waals surface area contributed by atoms with Crippen molar-refractivity contribution in [3.05, 3.63) is 127 Å². The topological polar surface area (TPSA) is 0 Å². The van der Waals surface area contributed by atoms with Gasteiger partial charge in [-0.25, -0.2) is 0 Å². The number of hydrogen-bond acceptors (Lipinski definition) is 0. The molecule has 6 rings (SSSR count). The van der Waals surface area contributed by atoms with Crippen molar-refractivity contribution in [2.24, 2.45) is 11.8 Å². The molecule has 0 N–H and O–H groups in total. The number of hydrogen-bond donors (Lipinski definition) is 0. The summed E-state index contributed by atoms with van der Waals surface area (Å²) in [7, 11) is 0. The van der Waals surface area contributed by atoms with Crippen molar-refractivity contribution < 1.29 is 20.9 Å². The van der Waals surface area contributed by atoms with Crippen molar-refractivity contribution in [3.63, 3.8) is 0 Å². The molecule has 0 spiro atoms. The molecular weight excluding hydrogens is 672 g/mol. The summed E-state index contributed by atoms with van der Waals surface area (Å²) in [6.45, 7) is 28.9. The predicted octanol–water partition coefficient (Wildman–Crippen LogP) is 13.1. The van der Waals surface area contributed by atoms with E-state index in [9.17, 15) is 0 Å². The van der Waals surface area contributed by atoms with E-state index in [2.05, 4.69) is 155 Å². The molecule has 4 aromatic carbocycles. The van der Waals surface area contributed by atoms with Crippen molar-refractivity contribution in [2.45, 2.75) is 102 Å². The Bertz CT molecular complexity index is 1800. The summed E-state index contributed by atoms with van der Waals surface area (Å²) in [5.41, 5.74) is 24.0. The van der Waals surface area contributed by atoms with Gasteiger partial charge in [-0.3, -0.25) is 0 Å². The molecule has 0 saturated carbocycles. The number of fused-ring (bicyclic) bond motifs is 2. The van der Waals surface area contributed by atoms with E-state index < -0.39 is 26.8 Å². The van der Waals surface area contributed by atoms with E-state index in [0.29, 0.717) is 19.1 Å².